The fourth-order valence-electron chi connectivity index (χ4n) is 6.76. The van der Waals surface area contributed by atoms with Crippen molar-refractivity contribution in [3.05, 3.63) is 142 Å². The Morgan fingerprint density at radius 3 is 0.955 bits per heavy atom. The number of ketones is 4. The minimum absolute atomic E-state index is 0.0648. The minimum atomic E-state index is -1.18. The van der Waals surface area contributed by atoms with Crippen molar-refractivity contribution >= 4 is 70.9 Å². The predicted octanol–water partition coefficient (Wildman–Crippen LogP) is 4.82. The van der Waals surface area contributed by atoms with Gasteiger partial charge >= 0.3 is 11.9 Å². The van der Waals surface area contributed by atoms with Gasteiger partial charge in [0.25, 0.3) is 23.6 Å². The van der Waals surface area contributed by atoms with Crippen LogP contribution >= 0.6 is 0 Å². The maximum Gasteiger partial charge on any atom is 0.303 e. The number of aliphatic carboxylic acids is 2. The van der Waals surface area contributed by atoms with Gasteiger partial charge in [-0.25, -0.2) is 0 Å². The molecule has 0 bridgehead atoms. The third kappa shape index (κ3) is 16.0. The molecule has 0 saturated heterocycles. The summed E-state index contributed by atoms with van der Waals surface area (Å²) in [7, 11) is 0. The molecule has 16 nitrogen and oxygen atoms in total. The van der Waals surface area contributed by atoms with Gasteiger partial charge in [0.1, 0.15) is 0 Å². The zero-order valence-corrected chi connectivity index (χ0v) is 36.9. The number of carbonyl (C=O) groups is 10. The minimum Gasteiger partial charge on any atom is -0.481 e. The van der Waals surface area contributed by atoms with E-state index in [9.17, 15) is 58.2 Å². The van der Waals surface area contributed by atoms with E-state index in [1.165, 1.54) is 76.2 Å². The molecule has 4 aromatic rings. The average molecular weight is 901 g/mol. The van der Waals surface area contributed by atoms with Crippen molar-refractivity contribution in [2.45, 2.75) is 90.4 Å². The lowest BCUT2D eigenvalue weighted by atomic mass is 9.99. The highest BCUT2D eigenvalue weighted by Crippen LogP contribution is 2.19. The van der Waals surface area contributed by atoms with Crippen molar-refractivity contribution in [1.82, 2.24) is 21.3 Å². The Kier molecular flexibility index (Phi) is 18.7. The number of rotatable bonds is 24. The van der Waals surface area contributed by atoms with Crippen molar-refractivity contribution in [3.8, 4) is 0 Å². The van der Waals surface area contributed by atoms with Crippen LogP contribution in [0, 0.1) is 0 Å². The smallest absolute Gasteiger partial charge is 0.303 e. The van der Waals surface area contributed by atoms with Crippen LogP contribution in [0.1, 0.15) is 117 Å². The van der Waals surface area contributed by atoms with Crippen molar-refractivity contribution in [3.63, 3.8) is 0 Å². The number of carboxylic acid groups (broad SMARTS) is 2. The van der Waals surface area contributed by atoms with Gasteiger partial charge in [-0.05, 0) is 112 Å². The molecular formula is C50H52N4O12. The molecule has 0 radical (unpaired) electrons. The number of amides is 4. The zero-order chi connectivity index (χ0) is 48.5. The molecule has 16 heteroatoms. The monoisotopic (exact) mass is 900 g/mol. The van der Waals surface area contributed by atoms with E-state index in [0.717, 1.165) is 11.1 Å². The van der Waals surface area contributed by atoms with Crippen LogP contribution in [-0.2, 0) is 41.6 Å². The van der Waals surface area contributed by atoms with E-state index in [-0.39, 0.29) is 70.6 Å². The molecule has 4 aromatic carbocycles. The van der Waals surface area contributed by atoms with E-state index in [2.05, 4.69) is 21.3 Å². The summed E-state index contributed by atoms with van der Waals surface area (Å²) in [4.78, 5) is 128. The third-order valence-electron chi connectivity index (χ3n) is 10.5. The Hall–Kier alpha value is -7.88. The topological polar surface area (TPSA) is 259 Å². The van der Waals surface area contributed by atoms with Crippen LogP contribution in [-0.4, -0.2) is 93.1 Å². The fraction of sp³-hybridized carbons (Fsp3) is 0.280. The van der Waals surface area contributed by atoms with Crippen LogP contribution < -0.4 is 21.3 Å². The number of carbonyl (C=O) groups excluding carboxylic acids is 8. The quantitative estimate of drug-likeness (QED) is 0.0518. The number of hydrogen-bond acceptors (Lipinski definition) is 10. The molecule has 0 aliphatic heterocycles. The second-order valence-electron chi connectivity index (χ2n) is 15.8. The Morgan fingerprint density at radius 1 is 0.424 bits per heavy atom. The largest absolute Gasteiger partial charge is 0.481 e. The Labute approximate surface area is 381 Å². The van der Waals surface area contributed by atoms with Crippen LogP contribution in [0.4, 0.5) is 0 Å². The van der Waals surface area contributed by atoms with Gasteiger partial charge in [0.05, 0.1) is 24.2 Å². The lowest BCUT2D eigenvalue weighted by Crippen LogP contribution is -2.42. The molecule has 0 saturated carbocycles. The van der Waals surface area contributed by atoms with Gasteiger partial charge in [0.2, 0.25) is 0 Å². The molecule has 0 spiro atoms. The Bertz CT molecular complexity index is 2350. The van der Waals surface area contributed by atoms with Gasteiger partial charge < -0.3 is 31.5 Å². The molecule has 0 heterocycles. The number of benzene rings is 4. The van der Waals surface area contributed by atoms with E-state index in [1.54, 1.807) is 48.5 Å². The number of carboxylic acids is 2. The van der Waals surface area contributed by atoms with Gasteiger partial charge in [-0.15, -0.1) is 0 Å². The molecule has 6 N–H and O–H groups in total. The van der Waals surface area contributed by atoms with E-state index in [4.69, 9.17) is 0 Å². The van der Waals surface area contributed by atoms with Crippen molar-refractivity contribution in [2.24, 2.45) is 0 Å². The zero-order valence-electron chi connectivity index (χ0n) is 36.9. The maximum atomic E-state index is 13.9. The predicted molar refractivity (Wildman–Crippen MR) is 244 cm³/mol. The second kappa shape index (κ2) is 24.3. The molecule has 0 aromatic heterocycles. The number of hydrogen-bond donors (Lipinski definition) is 6. The van der Waals surface area contributed by atoms with Gasteiger partial charge in [-0.2, -0.15) is 0 Å². The molecule has 4 unspecified atom stereocenters. The van der Waals surface area contributed by atoms with E-state index in [0.29, 0.717) is 0 Å². The third-order valence-corrected chi connectivity index (χ3v) is 10.5. The van der Waals surface area contributed by atoms with Gasteiger partial charge in [-0.1, -0.05) is 72.8 Å². The highest BCUT2D eigenvalue weighted by molar-refractivity contribution is 6.05. The first-order valence-electron chi connectivity index (χ1n) is 21.0. The molecular weight excluding hydrogens is 849 g/mol. The van der Waals surface area contributed by atoms with Crippen LogP contribution in [0.25, 0.3) is 12.2 Å². The molecule has 0 fully saturated rings. The Morgan fingerprint density at radius 2 is 0.697 bits per heavy atom. The number of nitrogens with one attached hydrogen (secondary N) is 4. The van der Waals surface area contributed by atoms with Crippen LogP contribution in [0.2, 0.25) is 0 Å². The van der Waals surface area contributed by atoms with Crippen LogP contribution in [0.5, 0.6) is 0 Å². The lowest BCUT2D eigenvalue weighted by molar-refractivity contribution is -0.138. The molecule has 66 heavy (non-hydrogen) atoms. The molecule has 344 valence electrons. The average Bonchev–Trinajstić information content (AvgIpc) is 3.27. The summed E-state index contributed by atoms with van der Waals surface area (Å²) in [6, 6.07) is 21.8. The molecule has 0 aliphatic rings. The van der Waals surface area contributed by atoms with Gasteiger partial charge in [0.15, 0.2) is 23.1 Å². The van der Waals surface area contributed by atoms with Gasteiger partial charge in [0, 0.05) is 35.1 Å². The summed E-state index contributed by atoms with van der Waals surface area (Å²) < 4.78 is 0. The Balaban J connectivity index is 1.79. The van der Waals surface area contributed by atoms with E-state index >= 15 is 0 Å². The van der Waals surface area contributed by atoms with E-state index < -0.39 is 84.1 Å². The molecule has 4 amide bonds. The summed E-state index contributed by atoms with van der Waals surface area (Å²) >= 11 is 0. The van der Waals surface area contributed by atoms with Crippen molar-refractivity contribution < 1.29 is 58.2 Å². The van der Waals surface area contributed by atoms with E-state index in [1.807, 2.05) is 12.1 Å². The van der Waals surface area contributed by atoms with Crippen LogP contribution in [0.3, 0.4) is 0 Å². The lowest BCUT2D eigenvalue weighted by Gasteiger charge is -2.18. The second-order valence-corrected chi connectivity index (χ2v) is 15.8. The summed E-state index contributed by atoms with van der Waals surface area (Å²) in [6.45, 7) is 5.05. The first kappa shape index (κ1) is 50.8. The van der Waals surface area contributed by atoms with Crippen molar-refractivity contribution in [1.29, 1.82) is 0 Å². The molecule has 4 atom stereocenters. The van der Waals surface area contributed by atoms with Gasteiger partial charge in [-0.3, -0.25) is 47.9 Å². The summed E-state index contributed by atoms with van der Waals surface area (Å²) in [5.41, 5.74) is 1.67. The first-order chi connectivity index (χ1) is 31.3. The standard InChI is InChI=1S/C50H52N4O12/c1-29(55)41(17-19-45(59)60)51-47(63)37-21-35(23-39(27-37)49(65)53-43(31(3)57)25-33-11-7-5-8-12-33)15-16-36-22-38(48(64)52-42(30(2)56)18-20-46(61)62)28-40(24-36)50(66)54-44(32(4)58)26-34-13-9-6-10-14-34/h5-16,21-24,27-28,41-44H,17-20,25-26H2,1-4H3,(H,51,63)(H,52,64)(H,53,65)(H,54,66)(H,59,60)(H,61,62). The SMILES string of the molecule is CC(=O)C(CCC(=O)O)NC(=O)c1cc(C=Cc2cc(C(=O)NC(CCC(=O)O)C(C)=O)cc(C(=O)NC(Cc3ccccc3)C(C)=O)c2)cc(C(=O)NC(Cc2ccccc2)C(C)=O)c1. The highest BCUT2D eigenvalue weighted by Gasteiger charge is 2.25. The number of Topliss-reactive ketones (excluding diaryl/α,β-unsaturated/α-hetero) is 4. The van der Waals surface area contributed by atoms with Crippen molar-refractivity contribution in [2.75, 3.05) is 0 Å². The van der Waals surface area contributed by atoms with Crippen LogP contribution in [0.15, 0.2) is 97.1 Å². The molecule has 0 aliphatic carbocycles. The highest BCUT2D eigenvalue weighted by atomic mass is 16.4. The molecule has 4 rings (SSSR count). The summed E-state index contributed by atoms with van der Waals surface area (Å²) in [5.74, 6) is -7.10. The first-order valence-corrected chi connectivity index (χ1v) is 21.0. The summed E-state index contributed by atoms with van der Waals surface area (Å²) in [5, 5.41) is 28.9. The fourth-order valence-corrected chi connectivity index (χ4v) is 6.76. The summed E-state index contributed by atoms with van der Waals surface area (Å²) in [6.07, 6.45) is 2.05. The maximum absolute atomic E-state index is 13.9. The normalized spacial score (nSPS) is 12.7.